The van der Waals surface area contributed by atoms with E-state index in [0.29, 0.717) is 23.3 Å². The van der Waals surface area contributed by atoms with Crippen LogP contribution in [0.2, 0.25) is 0 Å². The number of alkyl halides is 7. The van der Waals surface area contributed by atoms with Gasteiger partial charge in [-0.1, -0.05) is 30.3 Å². The van der Waals surface area contributed by atoms with Crippen molar-refractivity contribution in [3.8, 4) is 0 Å². The summed E-state index contributed by atoms with van der Waals surface area (Å²) >= 11 is 0. The van der Waals surface area contributed by atoms with Gasteiger partial charge in [-0.25, -0.2) is 4.39 Å². The minimum Gasteiger partial charge on any atom is -0.304 e. The monoisotopic (exact) mass is 391 g/mol. The molecule has 0 N–H and O–H groups in total. The Morgan fingerprint density at radius 1 is 0.889 bits per heavy atom. The van der Waals surface area contributed by atoms with Gasteiger partial charge >= 0.3 is 18.0 Å². The van der Waals surface area contributed by atoms with Crippen LogP contribution in [0, 0.1) is 6.92 Å². The summed E-state index contributed by atoms with van der Waals surface area (Å²) in [6.45, 7) is 1.34. The fourth-order valence-electron chi connectivity index (χ4n) is 3.11. The number of amides is 1. The molecule has 0 aromatic heterocycles. The highest BCUT2D eigenvalue weighted by Crippen LogP contribution is 2.53. The standard InChI is InChI=1S/C18H12F7NO/c1-10-8-12(16(19,17(20,21)22)18(23,24)25)6-7-14(10)26-9-11-4-2-3-5-13(11)15(26)27/h2-8H,9H2,1H3. The number of benzene rings is 2. The van der Waals surface area contributed by atoms with E-state index < -0.39 is 29.5 Å². The van der Waals surface area contributed by atoms with E-state index >= 15 is 0 Å². The van der Waals surface area contributed by atoms with Gasteiger partial charge in [0.1, 0.15) is 0 Å². The molecule has 1 heterocycles. The summed E-state index contributed by atoms with van der Waals surface area (Å²) in [4.78, 5) is 13.7. The summed E-state index contributed by atoms with van der Waals surface area (Å²) in [5.74, 6) is -0.431. The maximum absolute atomic E-state index is 14.2. The molecular weight excluding hydrogens is 379 g/mol. The molecule has 1 aliphatic rings. The van der Waals surface area contributed by atoms with Gasteiger partial charge in [-0.3, -0.25) is 4.79 Å². The molecule has 0 radical (unpaired) electrons. The first kappa shape index (κ1) is 19.2. The van der Waals surface area contributed by atoms with Gasteiger partial charge < -0.3 is 4.90 Å². The molecule has 144 valence electrons. The van der Waals surface area contributed by atoms with Crippen molar-refractivity contribution in [2.24, 2.45) is 0 Å². The van der Waals surface area contributed by atoms with E-state index in [1.807, 2.05) is 0 Å². The molecule has 0 unspecified atom stereocenters. The lowest BCUT2D eigenvalue weighted by atomic mass is 9.92. The summed E-state index contributed by atoms with van der Waals surface area (Å²) < 4.78 is 91.6. The van der Waals surface area contributed by atoms with Gasteiger partial charge in [0.05, 0.1) is 6.54 Å². The van der Waals surface area contributed by atoms with Crippen molar-refractivity contribution in [3.05, 3.63) is 64.7 Å². The summed E-state index contributed by atoms with van der Waals surface area (Å²) in [6.07, 6.45) is -12.4. The highest BCUT2D eigenvalue weighted by atomic mass is 19.4. The van der Waals surface area contributed by atoms with Gasteiger partial charge in [0.15, 0.2) is 0 Å². The smallest absolute Gasteiger partial charge is 0.304 e. The molecular formula is C18H12F7NO. The Morgan fingerprint density at radius 2 is 1.48 bits per heavy atom. The van der Waals surface area contributed by atoms with E-state index in [-0.39, 0.29) is 17.8 Å². The predicted molar refractivity (Wildman–Crippen MR) is 83.0 cm³/mol. The second-order valence-corrected chi connectivity index (χ2v) is 6.20. The van der Waals surface area contributed by atoms with E-state index in [0.717, 1.165) is 6.07 Å². The van der Waals surface area contributed by atoms with Crippen LogP contribution in [0.4, 0.5) is 36.4 Å². The fraction of sp³-hybridized carbons (Fsp3) is 0.278. The van der Waals surface area contributed by atoms with Crippen molar-refractivity contribution < 1.29 is 35.5 Å². The lowest BCUT2D eigenvalue weighted by Crippen LogP contribution is -2.50. The molecule has 0 saturated carbocycles. The zero-order chi connectivity index (χ0) is 20.2. The molecule has 2 aromatic rings. The molecule has 1 aliphatic heterocycles. The molecule has 3 rings (SSSR count). The third-order valence-corrected chi connectivity index (χ3v) is 4.49. The first-order valence-corrected chi connectivity index (χ1v) is 7.71. The maximum Gasteiger partial charge on any atom is 0.435 e. The molecule has 0 fully saturated rings. The van der Waals surface area contributed by atoms with Crippen LogP contribution >= 0.6 is 0 Å². The molecule has 0 aliphatic carbocycles. The van der Waals surface area contributed by atoms with E-state index in [9.17, 15) is 35.5 Å². The number of halogens is 7. The van der Waals surface area contributed by atoms with E-state index in [2.05, 4.69) is 0 Å². The summed E-state index contributed by atoms with van der Waals surface area (Å²) in [5, 5.41) is 0. The number of hydrogen-bond donors (Lipinski definition) is 0. The van der Waals surface area contributed by atoms with Crippen molar-refractivity contribution in [2.45, 2.75) is 31.5 Å². The summed E-state index contributed by atoms with van der Waals surface area (Å²) in [5.41, 5.74) is -5.96. The number of carbonyl (C=O) groups is 1. The topological polar surface area (TPSA) is 20.3 Å². The lowest BCUT2D eigenvalue weighted by Gasteiger charge is -2.31. The van der Waals surface area contributed by atoms with Crippen molar-refractivity contribution in [3.63, 3.8) is 0 Å². The van der Waals surface area contributed by atoms with Crippen molar-refractivity contribution in [1.82, 2.24) is 0 Å². The molecule has 1 amide bonds. The van der Waals surface area contributed by atoms with Gasteiger partial charge in [0.2, 0.25) is 0 Å². The number of aryl methyl sites for hydroxylation is 1. The molecule has 27 heavy (non-hydrogen) atoms. The normalized spacial score (nSPS) is 15.3. The van der Waals surface area contributed by atoms with Crippen molar-refractivity contribution >= 4 is 11.6 Å². The van der Waals surface area contributed by atoms with Crippen LogP contribution in [-0.4, -0.2) is 18.3 Å². The van der Waals surface area contributed by atoms with E-state index in [4.69, 9.17) is 0 Å². The second kappa shape index (κ2) is 5.97. The Labute approximate surface area is 149 Å². The Balaban J connectivity index is 2.04. The van der Waals surface area contributed by atoms with Gasteiger partial charge in [0.25, 0.3) is 5.91 Å². The third kappa shape index (κ3) is 2.85. The van der Waals surface area contributed by atoms with Crippen LogP contribution in [0.1, 0.15) is 27.0 Å². The fourth-order valence-corrected chi connectivity index (χ4v) is 3.11. The minimum absolute atomic E-state index is 0.0795. The van der Waals surface area contributed by atoms with Gasteiger partial charge in [0, 0.05) is 16.8 Å². The molecule has 2 aromatic carbocycles. The number of fused-ring (bicyclic) bond motifs is 1. The number of rotatable bonds is 2. The van der Waals surface area contributed by atoms with Crippen LogP contribution in [0.15, 0.2) is 42.5 Å². The van der Waals surface area contributed by atoms with E-state index in [1.165, 1.54) is 11.8 Å². The van der Waals surface area contributed by atoms with Crippen molar-refractivity contribution in [2.75, 3.05) is 4.90 Å². The highest BCUT2D eigenvalue weighted by Gasteiger charge is 2.73. The zero-order valence-corrected chi connectivity index (χ0v) is 13.7. The van der Waals surface area contributed by atoms with Gasteiger partial charge in [-0.2, -0.15) is 26.3 Å². The Morgan fingerprint density at radius 3 is 2.00 bits per heavy atom. The van der Waals surface area contributed by atoms with Crippen LogP contribution in [0.25, 0.3) is 0 Å². The second-order valence-electron chi connectivity index (χ2n) is 6.20. The molecule has 9 heteroatoms. The summed E-state index contributed by atoms with van der Waals surface area (Å²) in [7, 11) is 0. The molecule has 0 spiro atoms. The van der Waals surface area contributed by atoms with Gasteiger partial charge in [-0.05, 0) is 30.2 Å². The van der Waals surface area contributed by atoms with Crippen molar-refractivity contribution in [1.29, 1.82) is 0 Å². The van der Waals surface area contributed by atoms with Crippen LogP contribution < -0.4 is 4.90 Å². The molecule has 0 bridgehead atoms. The highest BCUT2D eigenvalue weighted by molar-refractivity contribution is 6.10. The number of hydrogen-bond acceptors (Lipinski definition) is 1. The van der Waals surface area contributed by atoms with Crippen LogP contribution in [-0.2, 0) is 12.2 Å². The first-order chi connectivity index (χ1) is 12.4. The molecule has 0 atom stereocenters. The summed E-state index contributed by atoms with van der Waals surface area (Å²) in [6, 6.07) is 8.40. The largest absolute Gasteiger partial charge is 0.435 e. The Hall–Kier alpha value is -2.58. The van der Waals surface area contributed by atoms with Gasteiger partial charge in [-0.15, -0.1) is 0 Å². The molecule has 0 saturated heterocycles. The quantitative estimate of drug-likeness (QED) is 0.624. The van der Waals surface area contributed by atoms with E-state index in [1.54, 1.807) is 24.3 Å². The Bertz CT molecular complexity index is 887. The number of nitrogens with zero attached hydrogens (tertiary/aromatic N) is 1. The number of anilines is 1. The average Bonchev–Trinajstić information content (AvgIpc) is 2.89. The third-order valence-electron chi connectivity index (χ3n) is 4.49. The maximum atomic E-state index is 14.2. The first-order valence-electron chi connectivity index (χ1n) is 7.71. The van der Waals surface area contributed by atoms with Crippen LogP contribution in [0.5, 0.6) is 0 Å². The Kier molecular flexibility index (Phi) is 4.24. The average molecular weight is 391 g/mol. The van der Waals surface area contributed by atoms with Crippen LogP contribution in [0.3, 0.4) is 0 Å². The molecule has 2 nitrogen and oxygen atoms in total. The SMILES string of the molecule is Cc1cc(C(F)(C(F)(F)F)C(F)(F)F)ccc1N1Cc2ccccc2C1=O. The number of carbonyl (C=O) groups excluding carboxylic acids is 1. The lowest BCUT2D eigenvalue weighted by molar-refractivity contribution is -0.348. The predicted octanol–water partition coefficient (Wildman–Crippen LogP) is 5.44. The minimum atomic E-state index is -6.18. The zero-order valence-electron chi connectivity index (χ0n) is 13.7.